The summed E-state index contributed by atoms with van der Waals surface area (Å²) in [5.41, 5.74) is 3.67. The van der Waals surface area contributed by atoms with Crippen LogP contribution >= 0.6 is 0 Å². The fourth-order valence-electron chi connectivity index (χ4n) is 3.11. The molecule has 3 aliphatic rings. The molecule has 1 saturated heterocycles. The first kappa shape index (κ1) is 22.1. The Kier molecular flexibility index (Phi) is 10.1. The van der Waals surface area contributed by atoms with Gasteiger partial charge in [0.15, 0.2) is 0 Å². The van der Waals surface area contributed by atoms with Gasteiger partial charge in [0.05, 0.1) is 0 Å². The van der Waals surface area contributed by atoms with E-state index >= 15 is 0 Å². The zero-order valence-corrected chi connectivity index (χ0v) is 18.9. The third-order valence-corrected chi connectivity index (χ3v) is 9.35. The molecule has 22 heavy (non-hydrogen) atoms. The van der Waals surface area contributed by atoms with Crippen LogP contribution in [0.25, 0.3) is 6.08 Å². The fraction of sp³-hybridized carbons (Fsp3) is 0.333. The maximum Gasteiger partial charge on any atom is 4.00 e. The average Bonchev–Trinajstić information content (AvgIpc) is 3.08. The van der Waals surface area contributed by atoms with Gasteiger partial charge < -0.3 is 24.8 Å². The molecular weight excluding hydrogens is 494 g/mol. The predicted molar refractivity (Wildman–Crippen MR) is 84.3 cm³/mol. The third kappa shape index (κ3) is 4.80. The Balaban J connectivity index is 0.000000482. The molecule has 0 spiro atoms. The smallest absolute Gasteiger partial charge is 1.00 e. The first-order valence-corrected chi connectivity index (χ1v) is 10.2. The van der Waals surface area contributed by atoms with Crippen molar-refractivity contribution in [3.8, 4) is 0 Å². The van der Waals surface area contributed by atoms with Crippen LogP contribution in [0.4, 0.5) is 0 Å². The number of halogens is 2. The molecule has 0 amide bonds. The molecule has 114 valence electrons. The Bertz CT molecular complexity index is 538. The van der Waals surface area contributed by atoms with Gasteiger partial charge in [-0.3, -0.25) is 12.2 Å². The molecule has 0 aromatic heterocycles. The summed E-state index contributed by atoms with van der Waals surface area (Å²) in [7, 11) is -0.957. The molecule has 1 aromatic rings. The summed E-state index contributed by atoms with van der Waals surface area (Å²) in [6.07, 6.45) is 17.3. The van der Waals surface area contributed by atoms with Gasteiger partial charge in [0.2, 0.25) is 0 Å². The van der Waals surface area contributed by atoms with Gasteiger partial charge in [-0.1, -0.05) is 48.8 Å². The SMILES string of the molecule is C[Si]1(C2[C-]=Cc3ccccc32)CCC1.[C-]1=CC=CC1.[Cl-].[Cl-].[Hf+4]. The zero-order chi connectivity index (χ0) is 13.1. The molecule has 0 nitrogen and oxygen atoms in total. The van der Waals surface area contributed by atoms with Crippen molar-refractivity contribution in [3.63, 3.8) is 0 Å². The minimum atomic E-state index is -0.957. The van der Waals surface area contributed by atoms with Gasteiger partial charge in [-0.25, -0.2) is 18.2 Å². The summed E-state index contributed by atoms with van der Waals surface area (Å²) in [6, 6.07) is 11.8. The Labute approximate surface area is 166 Å². The van der Waals surface area contributed by atoms with Crippen molar-refractivity contribution in [2.24, 2.45) is 0 Å². The van der Waals surface area contributed by atoms with E-state index in [0.29, 0.717) is 5.54 Å². The molecule has 4 rings (SSSR count). The van der Waals surface area contributed by atoms with Crippen LogP contribution in [0.15, 0.2) is 42.5 Å². The van der Waals surface area contributed by atoms with E-state index in [1.165, 1.54) is 24.1 Å². The Morgan fingerprint density at radius 3 is 2.36 bits per heavy atom. The van der Waals surface area contributed by atoms with E-state index in [0.717, 1.165) is 6.42 Å². The second-order valence-electron chi connectivity index (χ2n) is 5.88. The number of hydrogen-bond donors (Lipinski definition) is 0. The summed E-state index contributed by atoms with van der Waals surface area (Å²) in [5.74, 6) is 0. The van der Waals surface area contributed by atoms with Crippen LogP contribution in [0.1, 0.15) is 29.5 Å². The van der Waals surface area contributed by atoms with Gasteiger partial charge in [0, 0.05) is 8.07 Å². The normalized spacial score (nSPS) is 21.2. The zero-order valence-electron chi connectivity index (χ0n) is 12.8. The summed E-state index contributed by atoms with van der Waals surface area (Å²) >= 11 is 0. The molecule has 1 aromatic carbocycles. The molecule has 1 heterocycles. The van der Waals surface area contributed by atoms with Crippen LogP contribution in [0, 0.1) is 12.2 Å². The number of rotatable bonds is 1. The molecule has 1 aliphatic heterocycles. The van der Waals surface area contributed by atoms with Gasteiger partial charge in [0.25, 0.3) is 0 Å². The van der Waals surface area contributed by atoms with Crippen molar-refractivity contribution in [2.75, 3.05) is 0 Å². The van der Waals surface area contributed by atoms with Gasteiger partial charge in [0.1, 0.15) is 0 Å². The minimum Gasteiger partial charge on any atom is -1.00 e. The molecule has 0 radical (unpaired) electrons. The Hall–Kier alpha value is 0.107. The first-order valence-electron chi connectivity index (χ1n) is 7.19. The molecule has 0 N–H and O–H groups in total. The van der Waals surface area contributed by atoms with Crippen molar-refractivity contribution in [1.29, 1.82) is 0 Å². The van der Waals surface area contributed by atoms with E-state index in [4.69, 9.17) is 0 Å². The average molecular weight is 514 g/mol. The monoisotopic (exact) mass is 514 g/mol. The largest absolute Gasteiger partial charge is 4.00 e. The number of hydrogen-bond acceptors (Lipinski definition) is 0. The first-order chi connectivity index (χ1) is 9.30. The minimum absolute atomic E-state index is 0. The maximum absolute atomic E-state index is 3.60. The molecule has 1 fully saturated rings. The van der Waals surface area contributed by atoms with Crippen LogP contribution in [0.3, 0.4) is 0 Å². The summed E-state index contributed by atoms with van der Waals surface area (Å²) in [5, 5.41) is 0. The number of fused-ring (bicyclic) bond motifs is 1. The molecule has 1 atom stereocenters. The van der Waals surface area contributed by atoms with Crippen molar-refractivity contribution in [3.05, 3.63) is 65.8 Å². The number of allylic oxidation sites excluding steroid dienone is 5. The second kappa shape index (κ2) is 10.1. The fourth-order valence-corrected chi connectivity index (χ4v) is 6.65. The molecule has 0 bridgehead atoms. The van der Waals surface area contributed by atoms with Gasteiger partial charge in [-0.05, 0) is 0 Å². The summed E-state index contributed by atoms with van der Waals surface area (Å²) in [6.45, 7) is 2.55. The predicted octanol–water partition coefficient (Wildman–Crippen LogP) is -1.07. The van der Waals surface area contributed by atoms with E-state index in [2.05, 4.69) is 55.1 Å². The van der Waals surface area contributed by atoms with Gasteiger partial charge in [-0.15, -0.1) is 18.1 Å². The van der Waals surface area contributed by atoms with Crippen molar-refractivity contribution >= 4 is 14.1 Å². The van der Waals surface area contributed by atoms with E-state index in [1.807, 2.05) is 12.2 Å². The second-order valence-corrected chi connectivity index (χ2v) is 10.8. The van der Waals surface area contributed by atoms with E-state index in [9.17, 15) is 0 Å². The molecular formula is C18H20Cl2HfSi. The quantitative estimate of drug-likeness (QED) is 0.332. The summed E-state index contributed by atoms with van der Waals surface area (Å²) < 4.78 is 0. The van der Waals surface area contributed by atoms with E-state index < -0.39 is 8.07 Å². The topological polar surface area (TPSA) is 0 Å². The number of benzene rings is 1. The van der Waals surface area contributed by atoms with Crippen molar-refractivity contribution in [1.82, 2.24) is 0 Å². The van der Waals surface area contributed by atoms with Crippen LogP contribution < -0.4 is 24.8 Å². The Morgan fingerprint density at radius 1 is 1.14 bits per heavy atom. The maximum atomic E-state index is 3.60. The van der Waals surface area contributed by atoms with Crippen molar-refractivity contribution < 1.29 is 50.7 Å². The molecule has 2 aliphatic carbocycles. The standard InChI is InChI=1S/C13H15Si.C5H5.2ClH.Hf/c1-14(9-4-10-14)13-8-7-11-5-2-3-6-12(11)13;1-2-4-5-3-1;;;/h2-3,5-7,13H,4,9-10H2,1H3;1-3H,4H2;2*1H;/q2*-1;;;+4/p-2. The Morgan fingerprint density at radius 2 is 1.86 bits per heavy atom. The van der Waals surface area contributed by atoms with Gasteiger partial charge >= 0.3 is 25.8 Å². The third-order valence-electron chi connectivity index (χ3n) is 4.49. The summed E-state index contributed by atoms with van der Waals surface area (Å²) in [4.78, 5) is 0. The van der Waals surface area contributed by atoms with Crippen LogP contribution in [0.5, 0.6) is 0 Å². The molecule has 0 saturated carbocycles. The van der Waals surface area contributed by atoms with E-state index in [1.54, 1.807) is 5.56 Å². The van der Waals surface area contributed by atoms with E-state index in [-0.39, 0.29) is 50.7 Å². The van der Waals surface area contributed by atoms with Crippen LogP contribution in [-0.4, -0.2) is 8.07 Å². The van der Waals surface area contributed by atoms with Crippen LogP contribution in [-0.2, 0) is 25.8 Å². The van der Waals surface area contributed by atoms with Crippen molar-refractivity contribution in [2.45, 2.75) is 37.0 Å². The van der Waals surface area contributed by atoms with Crippen LogP contribution in [0.2, 0.25) is 18.6 Å². The van der Waals surface area contributed by atoms with Gasteiger partial charge in [-0.2, -0.15) is 11.6 Å². The molecule has 1 unspecified atom stereocenters. The molecule has 4 heteroatoms.